The Morgan fingerprint density at radius 2 is 1.88 bits per heavy atom. The molecule has 0 spiro atoms. The lowest BCUT2D eigenvalue weighted by Crippen LogP contribution is -2.53. The van der Waals surface area contributed by atoms with Crippen molar-refractivity contribution in [1.29, 1.82) is 0 Å². The molecule has 0 aliphatic carbocycles. The van der Waals surface area contributed by atoms with Crippen molar-refractivity contribution in [2.75, 3.05) is 62.2 Å². The number of hydrogen-bond donors (Lipinski definition) is 1. The molecule has 1 unspecified atom stereocenters. The number of nitrogens with zero attached hydrogens (tertiary/aromatic N) is 6. The first-order chi connectivity index (χ1) is 15.1. The molecule has 1 aromatic heterocycles. The summed E-state index contributed by atoms with van der Waals surface area (Å²) in [5.74, 6) is 2.39. The molecular formula is C23H33ClIN7. The number of hydrogen-bond acceptors (Lipinski definition) is 5. The molecule has 174 valence electrons. The van der Waals surface area contributed by atoms with E-state index in [0.29, 0.717) is 5.92 Å². The highest BCUT2D eigenvalue weighted by Gasteiger charge is 2.25. The minimum absolute atomic E-state index is 0. The quantitative estimate of drug-likeness (QED) is 0.337. The lowest BCUT2D eigenvalue weighted by molar-refractivity contribution is 0.369. The number of aromatic nitrogens is 2. The summed E-state index contributed by atoms with van der Waals surface area (Å²) in [4.78, 5) is 20.8. The molecule has 2 aliphatic rings. The number of halogens is 2. The van der Waals surface area contributed by atoms with Gasteiger partial charge in [-0.3, -0.25) is 4.99 Å². The maximum atomic E-state index is 6.23. The van der Waals surface area contributed by atoms with Crippen molar-refractivity contribution in [2.45, 2.75) is 20.3 Å². The minimum atomic E-state index is 0. The molecule has 1 aromatic carbocycles. The molecule has 2 fully saturated rings. The van der Waals surface area contributed by atoms with Gasteiger partial charge in [-0.1, -0.05) is 17.7 Å². The van der Waals surface area contributed by atoms with Crippen molar-refractivity contribution >= 4 is 53.2 Å². The molecule has 0 saturated carbocycles. The van der Waals surface area contributed by atoms with Gasteiger partial charge in [0.25, 0.3) is 0 Å². The normalized spacial score (nSPS) is 19.2. The zero-order chi connectivity index (χ0) is 21.6. The van der Waals surface area contributed by atoms with Crippen molar-refractivity contribution in [2.24, 2.45) is 10.9 Å². The van der Waals surface area contributed by atoms with Crippen molar-refractivity contribution in [3.63, 3.8) is 0 Å². The summed E-state index contributed by atoms with van der Waals surface area (Å²) in [6, 6.07) is 8.01. The second-order valence-electron chi connectivity index (χ2n) is 8.25. The Labute approximate surface area is 213 Å². The average Bonchev–Trinajstić information content (AvgIpc) is 3.28. The van der Waals surface area contributed by atoms with Crippen LogP contribution in [-0.2, 0) is 0 Å². The number of guanidine groups is 1. The summed E-state index contributed by atoms with van der Waals surface area (Å²) in [5.41, 5.74) is 2.53. The Balaban J connectivity index is 0.00000289. The van der Waals surface area contributed by atoms with Gasteiger partial charge in [0, 0.05) is 75.5 Å². The van der Waals surface area contributed by atoms with Crippen molar-refractivity contribution < 1.29 is 0 Å². The summed E-state index contributed by atoms with van der Waals surface area (Å²) >= 11 is 6.23. The summed E-state index contributed by atoms with van der Waals surface area (Å²) in [6.07, 6.45) is 4.76. The van der Waals surface area contributed by atoms with Gasteiger partial charge in [0.2, 0.25) is 5.95 Å². The largest absolute Gasteiger partial charge is 0.371 e. The first-order valence-electron chi connectivity index (χ1n) is 11.2. The Bertz CT molecular complexity index is 887. The molecule has 0 radical (unpaired) electrons. The third kappa shape index (κ3) is 6.15. The van der Waals surface area contributed by atoms with Crippen LogP contribution in [0.1, 0.15) is 18.9 Å². The lowest BCUT2D eigenvalue weighted by atomic mass is 10.1. The number of benzene rings is 1. The van der Waals surface area contributed by atoms with Gasteiger partial charge in [0.1, 0.15) is 0 Å². The summed E-state index contributed by atoms with van der Waals surface area (Å²) in [6.45, 7) is 11.7. The topological polar surface area (TPSA) is 59.9 Å². The molecule has 7 nitrogen and oxygen atoms in total. The first kappa shape index (κ1) is 24.8. The van der Waals surface area contributed by atoms with Crippen LogP contribution in [0.3, 0.4) is 0 Å². The Kier molecular flexibility index (Phi) is 9.22. The van der Waals surface area contributed by atoms with Crippen LogP contribution in [0.4, 0.5) is 11.6 Å². The van der Waals surface area contributed by atoms with Crippen LogP contribution in [0.5, 0.6) is 0 Å². The fourth-order valence-corrected chi connectivity index (χ4v) is 4.50. The fraction of sp³-hybridized carbons (Fsp3) is 0.522. The Morgan fingerprint density at radius 1 is 1.12 bits per heavy atom. The van der Waals surface area contributed by atoms with E-state index in [2.05, 4.69) is 56.0 Å². The molecule has 0 bridgehead atoms. The van der Waals surface area contributed by atoms with E-state index in [9.17, 15) is 0 Å². The predicted molar refractivity (Wildman–Crippen MR) is 144 cm³/mol. The van der Waals surface area contributed by atoms with Crippen LogP contribution in [0.2, 0.25) is 5.02 Å². The molecule has 1 atom stereocenters. The predicted octanol–water partition coefficient (Wildman–Crippen LogP) is 3.67. The molecule has 9 heteroatoms. The van der Waals surface area contributed by atoms with Gasteiger partial charge in [0.15, 0.2) is 5.96 Å². The van der Waals surface area contributed by atoms with E-state index in [1.807, 2.05) is 12.1 Å². The standard InChI is InChI=1S/C23H32ClN7.HI/c1-3-25-22(29-11-13-30(14-12-29)23-26-8-4-9-27-23)28-16-19-7-10-31(17-19)21-15-20(24)6-5-18(21)2;/h4-6,8-9,15,19H,3,7,10-14,16-17H2,1-2H3,(H,25,28);1H. The van der Waals surface area contributed by atoms with Crippen LogP contribution < -0.4 is 15.1 Å². The third-order valence-electron chi connectivity index (χ3n) is 6.05. The van der Waals surface area contributed by atoms with E-state index in [1.54, 1.807) is 12.4 Å². The van der Waals surface area contributed by atoms with E-state index in [0.717, 1.165) is 75.7 Å². The van der Waals surface area contributed by atoms with Gasteiger partial charge in [-0.25, -0.2) is 9.97 Å². The second kappa shape index (κ2) is 11.9. The van der Waals surface area contributed by atoms with E-state index < -0.39 is 0 Å². The molecule has 2 aliphatic heterocycles. The zero-order valence-electron chi connectivity index (χ0n) is 18.9. The van der Waals surface area contributed by atoms with Crippen LogP contribution in [0.15, 0.2) is 41.7 Å². The highest BCUT2D eigenvalue weighted by Crippen LogP contribution is 2.29. The fourth-order valence-electron chi connectivity index (χ4n) is 4.34. The van der Waals surface area contributed by atoms with Crippen molar-refractivity contribution in [3.8, 4) is 0 Å². The minimum Gasteiger partial charge on any atom is -0.371 e. The second-order valence-corrected chi connectivity index (χ2v) is 8.69. The highest BCUT2D eigenvalue weighted by molar-refractivity contribution is 14.0. The van der Waals surface area contributed by atoms with Gasteiger partial charge in [-0.15, -0.1) is 24.0 Å². The molecule has 32 heavy (non-hydrogen) atoms. The first-order valence-corrected chi connectivity index (χ1v) is 11.6. The van der Waals surface area contributed by atoms with Gasteiger partial charge < -0.3 is 20.0 Å². The number of anilines is 2. The van der Waals surface area contributed by atoms with Crippen molar-refractivity contribution in [1.82, 2.24) is 20.2 Å². The highest BCUT2D eigenvalue weighted by atomic mass is 127. The van der Waals surface area contributed by atoms with Crippen LogP contribution in [-0.4, -0.2) is 73.2 Å². The molecule has 3 heterocycles. The Hall–Kier alpha value is -1.81. The Morgan fingerprint density at radius 3 is 2.59 bits per heavy atom. The van der Waals surface area contributed by atoms with Gasteiger partial charge >= 0.3 is 0 Å². The van der Waals surface area contributed by atoms with Gasteiger partial charge in [0.05, 0.1) is 0 Å². The molecule has 2 saturated heterocycles. The van der Waals surface area contributed by atoms with Crippen LogP contribution in [0.25, 0.3) is 0 Å². The number of aliphatic imine (C=N–C) groups is 1. The smallest absolute Gasteiger partial charge is 0.225 e. The van der Waals surface area contributed by atoms with Gasteiger partial charge in [-0.05, 0) is 49.9 Å². The number of piperazine rings is 1. The third-order valence-corrected chi connectivity index (χ3v) is 6.28. The summed E-state index contributed by atoms with van der Waals surface area (Å²) in [5, 5.41) is 4.29. The molecule has 4 rings (SSSR count). The zero-order valence-corrected chi connectivity index (χ0v) is 22.0. The average molecular weight is 570 g/mol. The maximum absolute atomic E-state index is 6.23. The van der Waals surface area contributed by atoms with Gasteiger partial charge in [-0.2, -0.15) is 0 Å². The lowest BCUT2D eigenvalue weighted by Gasteiger charge is -2.36. The summed E-state index contributed by atoms with van der Waals surface area (Å²) < 4.78 is 0. The van der Waals surface area contributed by atoms with Crippen LogP contribution in [0, 0.1) is 12.8 Å². The van der Waals surface area contributed by atoms with Crippen molar-refractivity contribution in [3.05, 3.63) is 47.2 Å². The van der Waals surface area contributed by atoms with Crippen LogP contribution >= 0.6 is 35.6 Å². The maximum Gasteiger partial charge on any atom is 0.225 e. The van der Waals surface area contributed by atoms with E-state index in [1.165, 1.54) is 11.3 Å². The summed E-state index contributed by atoms with van der Waals surface area (Å²) in [7, 11) is 0. The molecule has 0 amide bonds. The SMILES string of the molecule is CCNC(=NCC1CCN(c2cc(Cl)ccc2C)C1)N1CCN(c2ncccn2)CC1.I. The van der Waals surface area contributed by atoms with E-state index in [-0.39, 0.29) is 24.0 Å². The number of rotatable bonds is 5. The molecular weight excluding hydrogens is 537 g/mol. The van der Waals surface area contributed by atoms with E-state index >= 15 is 0 Å². The number of aryl methyl sites for hydroxylation is 1. The van der Waals surface area contributed by atoms with E-state index in [4.69, 9.17) is 16.6 Å². The number of nitrogens with one attached hydrogen (secondary N) is 1. The monoisotopic (exact) mass is 569 g/mol. The molecule has 1 N–H and O–H groups in total. The molecule has 2 aromatic rings.